The molecule has 1 aromatic heterocycles. The Morgan fingerprint density at radius 2 is 2.17 bits per heavy atom. The summed E-state index contributed by atoms with van der Waals surface area (Å²) in [6.07, 6.45) is 1.88. The molecule has 2 rings (SSSR count). The van der Waals surface area contributed by atoms with E-state index in [0.717, 1.165) is 11.0 Å². The topological polar surface area (TPSA) is 57.8 Å². The van der Waals surface area contributed by atoms with Crippen molar-refractivity contribution >= 4 is 51.9 Å². The Bertz CT molecular complexity index is 546. The van der Waals surface area contributed by atoms with Gasteiger partial charge in [0.1, 0.15) is 5.82 Å². The monoisotopic (exact) mass is 303 g/mol. The second kappa shape index (κ2) is 5.82. The zero-order valence-electron chi connectivity index (χ0n) is 9.59. The molecule has 0 aliphatic carbocycles. The van der Waals surface area contributed by atoms with Crippen molar-refractivity contribution in [2.24, 2.45) is 0 Å². The maximum absolute atomic E-state index is 11.3. The number of hydrogen-bond acceptors (Lipinski definition) is 3. The van der Waals surface area contributed by atoms with Crippen LogP contribution in [-0.2, 0) is 11.3 Å². The molecule has 1 heterocycles. The SMILES string of the molecule is CSCC(=O)NCc1nc2cc(Cl)c(Cl)cc2[nH]1. The minimum Gasteiger partial charge on any atom is -0.348 e. The molecule has 1 aromatic carbocycles. The molecule has 96 valence electrons. The number of aromatic amines is 1. The molecule has 0 aliphatic heterocycles. The second-order valence-corrected chi connectivity index (χ2v) is 5.36. The number of fused-ring (bicyclic) bond motifs is 1. The highest BCUT2D eigenvalue weighted by Crippen LogP contribution is 2.26. The van der Waals surface area contributed by atoms with Crippen molar-refractivity contribution < 1.29 is 4.79 Å². The second-order valence-electron chi connectivity index (χ2n) is 3.68. The van der Waals surface area contributed by atoms with E-state index in [0.29, 0.717) is 28.2 Å². The van der Waals surface area contributed by atoms with Gasteiger partial charge in [0.25, 0.3) is 0 Å². The number of imidazole rings is 1. The molecule has 4 nitrogen and oxygen atoms in total. The normalized spacial score (nSPS) is 10.8. The lowest BCUT2D eigenvalue weighted by atomic mass is 10.3. The largest absolute Gasteiger partial charge is 0.348 e. The average Bonchev–Trinajstić information content (AvgIpc) is 2.69. The number of thioether (sulfide) groups is 1. The molecule has 0 saturated carbocycles. The lowest BCUT2D eigenvalue weighted by Gasteiger charge is -2.00. The number of nitrogens with zero attached hydrogens (tertiary/aromatic N) is 1. The van der Waals surface area contributed by atoms with Gasteiger partial charge in [0, 0.05) is 0 Å². The summed E-state index contributed by atoms with van der Waals surface area (Å²) in [5, 5.41) is 3.71. The molecule has 2 N–H and O–H groups in total. The first-order valence-electron chi connectivity index (χ1n) is 5.19. The van der Waals surface area contributed by atoms with Gasteiger partial charge in [-0.1, -0.05) is 23.2 Å². The van der Waals surface area contributed by atoms with Gasteiger partial charge in [0.15, 0.2) is 0 Å². The van der Waals surface area contributed by atoms with Crippen molar-refractivity contribution in [2.75, 3.05) is 12.0 Å². The van der Waals surface area contributed by atoms with Crippen molar-refractivity contribution in [2.45, 2.75) is 6.54 Å². The number of benzene rings is 1. The van der Waals surface area contributed by atoms with Crippen LogP contribution in [0.5, 0.6) is 0 Å². The van der Waals surface area contributed by atoms with E-state index in [1.165, 1.54) is 11.8 Å². The number of hydrogen-bond donors (Lipinski definition) is 2. The number of halogens is 2. The van der Waals surface area contributed by atoms with Crippen LogP contribution < -0.4 is 5.32 Å². The van der Waals surface area contributed by atoms with Crippen molar-refractivity contribution in [3.63, 3.8) is 0 Å². The average molecular weight is 304 g/mol. The lowest BCUT2D eigenvalue weighted by molar-refractivity contribution is -0.118. The van der Waals surface area contributed by atoms with Crippen molar-refractivity contribution in [3.05, 3.63) is 28.0 Å². The van der Waals surface area contributed by atoms with Crippen molar-refractivity contribution in [1.29, 1.82) is 0 Å². The molecule has 0 radical (unpaired) electrons. The fourth-order valence-electron chi connectivity index (χ4n) is 1.51. The third-order valence-electron chi connectivity index (χ3n) is 2.30. The zero-order valence-corrected chi connectivity index (χ0v) is 11.9. The molecule has 0 fully saturated rings. The predicted molar refractivity (Wildman–Crippen MR) is 76.3 cm³/mol. The molecule has 0 aliphatic rings. The van der Waals surface area contributed by atoms with Gasteiger partial charge in [-0.2, -0.15) is 11.8 Å². The van der Waals surface area contributed by atoms with Crippen LogP contribution in [0.1, 0.15) is 5.82 Å². The number of rotatable bonds is 4. The summed E-state index contributed by atoms with van der Waals surface area (Å²) in [7, 11) is 0. The Hall–Kier alpha value is -0.910. The summed E-state index contributed by atoms with van der Waals surface area (Å²) in [6, 6.07) is 3.42. The number of H-pyrrole nitrogens is 1. The van der Waals surface area contributed by atoms with Crippen LogP contribution in [0, 0.1) is 0 Å². The van der Waals surface area contributed by atoms with Crippen LogP contribution in [0.25, 0.3) is 11.0 Å². The Morgan fingerprint density at radius 1 is 1.44 bits per heavy atom. The highest BCUT2D eigenvalue weighted by molar-refractivity contribution is 7.99. The minimum absolute atomic E-state index is 0.0148. The fraction of sp³-hybridized carbons (Fsp3) is 0.273. The lowest BCUT2D eigenvalue weighted by Crippen LogP contribution is -2.24. The molecule has 2 aromatic rings. The van der Waals surface area contributed by atoms with Gasteiger partial charge in [-0.15, -0.1) is 0 Å². The van der Waals surface area contributed by atoms with E-state index in [2.05, 4.69) is 15.3 Å². The van der Waals surface area contributed by atoms with E-state index in [1.54, 1.807) is 12.1 Å². The Kier molecular flexibility index (Phi) is 4.37. The van der Waals surface area contributed by atoms with E-state index in [9.17, 15) is 4.79 Å². The van der Waals surface area contributed by atoms with Gasteiger partial charge in [-0.25, -0.2) is 4.98 Å². The Balaban J connectivity index is 2.13. The van der Waals surface area contributed by atoms with E-state index < -0.39 is 0 Å². The predicted octanol–water partition coefficient (Wildman–Crippen LogP) is 2.85. The van der Waals surface area contributed by atoms with E-state index in [4.69, 9.17) is 23.2 Å². The zero-order chi connectivity index (χ0) is 13.1. The van der Waals surface area contributed by atoms with E-state index in [1.807, 2.05) is 6.26 Å². The van der Waals surface area contributed by atoms with E-state index in [-0.39, 0.29) is 5.91 Å². The van der Waals surface area contributed by atoms with Gasteiger partial charge in [-0.05, 0) is 18.4 Å². The summed E-state index contributed by atoms with van der Waals surface area (Å²) in [5.41, 5.74) is 1.54. The van der Waals surface area contributed by atoms with Gasteiger partial charge in [-0.3, -0.25) is 4.79 Å². The van der Waals surface area contributed by atoms with Crippen molar-refractivity contribution in [3.8, 4) is 0 Å². The molecule has 7 heteroatoms. The highest BCUT2D eigenvalue weighted by Gasteiger charge is 2.07. The van der Waals surface area contributed by atoms with Crippen molar-refractivity contribution in [1.82, 2.24) is 15.3 Å². The third kappa shape index (κ3) is 3.10. The highest BCUT2D eigenvalue weighted by atomic mass is 35.5. The summed E-state index contributed by atoms with van der Waals surface area (Å²) >= 11 is 13.3. The van der Waals surface area contributed by atoms with Gasteiger partial charge >= 0.3 is 0 Å². The van der Waals surface area contributed by atoms with Gasteiger partial charge < -0.3 is 10.3 Å². The molecule has 0 spiro atoms. The van der Waals surface area contributed by atoms with Crippen LogP contribution >= 0.6 is 35.0 Å². The number of amides is 1. The molecule has 18 heavy (non-hydrogen) atoms. The first-order chi connectivity index (χ1) is 8.60. The summed E-state index contributed by atoms with van der Waals surface area (Å²) < 4.78 is 0. The summed E-state index contributed by atoms with van der Waals surface area (Å²) in [6.45, 7) is 0.364. The molecular weight excluding hydrogens is 293 g/mol. The molecule has 0 atom stereocenters. The van der Waals surface area contributed by atoms with Crippen LogP contribution in [-0.4, -0.2) is 27.9 Å². The fourth-order valence-corrected chi connectivity index (χ4v) is 2.19. The quantitative estimate of drug-likeness (QED) is 0.913. The Morgan fingerprint density at radius 3 is 2.89 bits per heavy atom. The van der Waals surface area contributed by atoms with Crippen LogP contribution in [0.3, 0.4) is 0 Å². The standard InChI is InChI=1S/C11H11Cl2N3OS/c1-18-5-11(17)14-4-10-15-8-2-6(12)7(13)3-9(8)16-10/h2-3H,4-5H2,1H3,(H,14,17)(H,15,16). The maximum atomic E-state index is 11.3. The molecular formula is C11H11Cl2N3OS. The third-order valence-corrected chi connectivity index (χ3v) is 3.57. The van der Waals surface area contributed by atoms with Crippen LogP contribution in [0.2, 0.25) is 10.0 Å². The van der Waals surface area contributed by atoms with Gasteiger partial charge in [0.2, 0.25) is 5.91 Å². The van der Waals surface area contributed by atoms with Crippen LogP contribution in [0.15, 0.2) is 12.1 Å². The molecule has 1 amide bonds. The summed E-state index contributed by atoms with van der Waals surface area (Å²) in [4.78, 5) is 18.7. The molecule has 0 bridgehead atoms. The number of carbonyl (C=O) groups is 1. The Labute approximate surface area is 118 Å². The van der Waals surface area contributed by atoms with Crippen LogP contribution in [0.4, 0.5) is 0 Å². The minimum atomic E-state index is -0.0148. The first-order valence-corrected chi connectivity index (χ1v) is 7.34. The maximum Gasteiger partial charge on any atom is 0.230 e. The van der Waals surface area contributed by atoms with Gasteiger partial charge in [0.05, 0.1) is 33.4 Å². The van der Waals surface area contributed by atoms with E-state index >= 15 is 0 Å². The number of aromatic nitrogens is 2. The number of carbonyl (C=O) groups excluding carboxylic acids is 1. The smallest absolute Gasteiger partial charge is 0.230 e. The molecule has 0 unspecified atom stereocenters. The molecule has 0 saturated heterocycles. The first kappa shape index (κ1) is 13.5. The summed E-state index contributed by atoms with van der Waals surface area (Å²) in [5.74, 6) is 1.11. The number of nitrogens with one attached hydrogen (secondary N) is 2.